The van der Waals surface area contributed by atoms with Gasteiger partial charge in [-0.25, -0.2) is 0 Å². The third-order valence-electron chi connectivity index (χ3n) is 3.75. The van der Waals surface area contributed by atoms with Gasteiger partial charge in [0.05, 0.1) is 10.8 Å². The smallest absolute Gasteiger partial charge is 0.0819 e. The summed E-state index contributed by atoms with van der Waals surface area (Å²) in [6.45, 7) is 2.25. The zero-order valence-corrected chi connectivity index (χ0v) is 13.5. The quantitative estimate of drug-likeness (QED) is 0.346. The Hall–Kier alpha value is -1.57. The number of aryl methyl sites for hydroxylation is 1. The maximum absolute atomic E-state index is 4.72. The summed E-state index contributed by atoms with van der Waals surface area (Å²) in [5.41, 5.74) is 2.03. The lowest BCUT2D eigenvalue weighted by atomic mass is 10.1. The molecule has 1 heterocycles. The highest BCUT2D eigenvalue weighted by Gasteiger charge is 2.02. The summed E-state index contributed by atoms with van der Waals surface area (Å²) in [5, 5.41) is 4.68. The summed E-state index contributed by atoms with van der Waals surface area (Å²) < 4.78 is 0. The Kier molecular flexibility index (Phi) is 6.52. The lowest BCUT2D eigenvalue weighted by Gasteiger charge is -2.05. The molecule has 1 aromatic carbocycles. The Bertz CT molecular complexity index is 630. The average molecular weight is 298 g/mol. The second-order valence-corrected chi connectivity index (χ2v) is 5.58. The Balaban J connectivity index is 2.01. The van der Waals surface area contributed by atoms with Crippen molar-refractivity contribution < 1.29 is 0 Å². The molecule has 0 radical (unpaired) electrons. The van der Waals surface area contributed by atoms with Crippen molar-refractivity contribution in [2.24, 2.45) is 4.99 Å². The molecule has 1 aromatic heterocycles. The molecule has 0 amide bonds. The molecule has 0 spiro atoms. The van der Waals surface area contributed by atoms with Crippen LogP contribution in [0.3, 0.4) is 0 Å². The Morgan fingerprint density at radius 1 is 1.14 bits per heavy atom. The highest BCUT2D eigenvalue weighted by Crippen LogP contribution is 2.26. The lowest BCUT2D eigenvalue weighted by molar-refractivity contribution is 0.605. The molecule has 3 heteroatoms. The van der Waals surface area contributed by atoms with E-state index in [0.29, 0.717) is 0 Å². The zero-order valence-electron chi connectivity index (χ0n) is 12.6. The van der Waals surface area contributed by atoms with Gasteiger partial charge in [0.25, 0.3) is 0 Å². The summed E-state index contributed by atoms with van der Waals surface area (Å²) in [4.78, 5) is 8.70. The lowest BCUT2D eigenvalue weighted by Crippen LogP contribution is -1.91. The number of isothiocyanates is 1. The van der Waals surface area contributed by atoms with E-state index in [9.17, 15) is 0 Å². The van der Waals surface area contributed by atoms with Crippen molar-refractivity contribution in [3.05, 3.63) is 36.2 Å². The number of hydrogen-bond donors (Lipinski definition) is 0. The molecule has 0 aliphatic heterocycles. The molecule has 0 aliphatic rings. The van der Waals surface area contributed by atoms with Gasteiger partial charge in [-0.15, -0.1) is 0 Å². The third kappa shape index (κ3) is 4.73. The molecule has 110 valence electrons. The van der Waals surface area contributed by atoms with Crippen LogP contribution in [0.5, 0.6) is 0 Å². The van der Waals surface area contributed by atoms with E-state index in [4.69, 9.17) is 12.2 Å². The fraction of sp³-hybridized carbons (Fsp3) is 0.444. The van der Waals surface area contributed by atoms with E-state index in [0.717, 1.165) is 28.6 Å². The van der Waals surface area contributed by atoms with Crippen molar-refractivity contribution in [1.29, 1.82) is 0 Å². The summed E-state index contributed by atoms with van der Waals surface area (Å²) in [7, 11) is 0. The first kappa shape index (κ1) is 15.8. The van der Waals surface area contributed by atoms with Gasteiger partial charge >= 0.3 is 0 Å². The Morgan fingerprint density at radius 2 is 1.95 bits per heavy atom. The van der Waals surface area contributed by atoms with Crippen molar-refractivity contribution >= 4 is 33.8 Å². The van der Waals surface area contributed by atoms with Crippen LogP contribution < -0.4 is 0 Å². The molecule has 0 unspecified atom stereocenters. The Morgan fingerprint density at radius 3 is 2.76 bits per heavy atom. The first-order chi connectivity index (χ1) is 10.3. The molecule has 0 aliphatic carbocycles. The second-order valence-electron chi connectivity index (χ2n) is 5.39. The van der Waals surface area contributed by atoms with E-state index < -0.39 is 0 Å². The second kappa shape index (κ2) is 8.66. The maximum atomic E-state index is 4.72. The molecule has 2 rings (SSSR count). The van der Waals surface area contributed by atoms with Gasteiger partial charge in [0.1, 0.15) is 0 Å². The summed E-state index contributed by atoms with van der Waals surface area (Å²) >= 11 is 4.72. The van der Waals surface area contributed by atoms with Crippen LogP contribution in [0.4, 0.5) is 5.69 Å². The molecule has 0 atom stereocenters. The molecule has 0 bridgehead atoms. The molecular formula is C18H22N2S. The maximum Gasteiger partial charge on any atom is 0.0819 e. The van der Waals surface area contributed by atoms with E-state index in [2.05, 4.69) is 34.2 Å². The number of benzene rings is 1. The number of pyridine rings is 1. The van der Waals surface area contributed by atoms with Crippen LogP contribution >= 0.6 is 12.2 Å². The highest BCUT2D eigenvalue weighted by atomic mass is 32.1. The zero-order chi connectivity index (χ0) is 14.9. The minimum Gasteiger partial charge on any atom is -0.261 e. The fourth-order valence-electron chi connectivity index (χ4n) is 2.57. The van der Waals surface area contributed by atoms with Crippen molar-refractivity contribution in [3.8, 4) is 0 Å². The van der Waals surface area contributed by atoms with Gasteiger partial charge in [0, 0.05) is 22.7 Å². The molecule has 0 saturated carbocycles. The molecule has 0 fully saturated rings. The number of unbranched alkanes of at least 4 members (excludes halogenated alkanes) is 5. The van der Waals surface area contributed by atoms with Gasteiger partial charge in [-0.05, 0) is 37.2 Å². The van der Waals surface area contributed by atoms with Crippen LogP contribution in [-0.2, 0) is 6.42 Å². The number of aliphatic imine (C=N–C) groups is 1. The van der Waals surface area contributed by atoms with Gasteiger partial charge in [-0.1, -0.05) is 51.2 Å². The number of fused-ring (bicyclic) bond motifs is 1. The van der Waals surface area contributed by atoms with Crippen LogP contribution in [-0.4, -0.2) is 10.1 Å². The van der Waals surface area contributed by atoms with Crippen molar-refractivity contribution in [2.45, 2.75) is 51.9 Å². The van der Waals surface area contributed by atoms with Crippen LogP contribution in [0, 0.1) is 0 Å². The minimum absolute atomic E-state index is 0.883. The number of hydrogen-bond acceptors (Lipinski definition) is 3. The number of thiocarbonyl (C=S) groups is 1. The van der Waals surface area contributed by atoms with E-state index in [-0.39, 0.29) is 0 Å². The first-order valence-corrected chi connectivity index (χ1v) is 8.21. The number of nitrogens with zero attached hydrogens (tertiary/aromatic N) is 2. The first-order valence-electron chi connectivity index (χ1n) is 7.80. The molecule has 0 saturated heterocycles. The number of rotatable bonds is 8. The van der Waals surface area contributed by atoms with Crippen molar-refractivity contribution in [1.82, 2.24) is 4.98 Å². The van der Waals surface area contributed by atoms with Gasteiger partial charge in [-0.2, -0.15) is 4.99 Å². The van der Waals surface area contributed by atoms with Crippen molar-refractivity contribution in [3.63, 3.8) is 0 Å². The Labute approximate surface area is 132 Å². The number of aromatic nitrogens is 1. The van der Waals surface area contributed by atoms with Crippen LogP contribution in [0.15, 0.2) is 35.5 Å². The molecule has 21 heavy (non-hydrogen) atoms. The molecular weight excluding hydrogens is 276 g/mol. The van der Waals surface area contributed by atoms with Gasteiger partial charge in [0.2, 0.25) is 0 Å². The highest BCUT2D eigenvalue weighted by molar-refractivity contribution is 7.78. The van der Waals surface area contributed by atoms with E-state index in [1.54, 1.807) is 0 Å². The standard InChI is InChI=1S/C18H22N2S/c1-2-3-4-5-6-7-10-16-12-17-15(13-19-16)9-8-11-18(17)20-14-21/h8-9,11-13H,2-7,10H2,1H3. The molecule has 2 aromatic rings. The molecule has 0 N–H and O–H groups in total. The average Bonchev–Trinajstić information content (AvgIpc) is 2.51. The van der Waals surface area contributed by atoms with Gasteiger partial charge in [0.15, 0.2) is 0 Å². The summed E-state index contributed by atoms with van der Waals surface area (Å²) in [5.74, 6) is 0. The van der Waals surface area contributed by atoms with Gasteiger partial charge in [-0.3, -0.25) is 4.98 Å². The minimum atomic E-state index is 0.883. The van der Waals surface area contributed by atoms with E-state index >= 15 is 0 Å². The fourth-order valence-corrected chi connectivity index (χ4v) is 2.66. The SMILES string of the molecule is CCCCCCCCc1cc2c(N=C=S)cccc2cn1. The monoisotopic (exact) mass is 298 g/mol. The van der Waals surface area contributed by atoms with Crippen LogP contribution in [0.1, 0.15) is 51.1 Å². The normalized spacial score (nSPS) is 10.5. The van der Waals surface area contributed by atoms with Crippen molar-refractivity contribution in [2.75, 3.05) is 0 Å². The third-order valence-corrected chi connectivity index (χ3v) is 3.84. The summed E-state index contributed by atoms with van der Waals surface area (Å²) in [6.07, 6.45) is 10.8. The van der Waals surface area contributed by atoms with E-state index in [1.807, 2.05) is 18.3 Å². The van der Waals surface area contributed by atoms with E-state index in [1.165, 1.54) is 38.5 Å². The predicted molar refractivity (Wildman–Crippen MR) is 93.5 cm³/mol. The predicted octanol–water partition coefficient (Wildman–Crippen LogP) is 5.87. The molecule has 2 nitrogen and oxygen atoms in total. The van der Waals surface area contributed by atoms with Gasteiger partial charge < -0.3 is 0 Å². The summed E-state index contributed by atoms with van der Waals surface area (Å²) in [6, 6.07) is 8.14. The topological polar surface area (TPSA) is 25.2 Å². The van der Waals surface area contributed by atoms with Crippen LogP contribution in [0.2, 0.25) is 0 Å². The van der Waals surface area contributed by atoms with Crippen LogP contribution in [0.25, 0.3) is 10.8 Å². The largest absolute Gasteiger partial charge is 0.261 e.